The number of nitrogens with one attached hydrogen (secondary N) is 1. The van der Waals surface area contributed by atoms with Crippen LogP contribution in [-0.2, 0) is 6.18 Å². The number of halogens is 3. The molecule has 0 amide bonds. The quantitative estimate of drug-likeness (QED) is 0.789. The van der Waals surface area contributed by atoms with Crippen molar-refractivity contribution >= 4 is 0 Å². The van der Waals surface area contributed by atoms with Crippen molar-refractivity contribution in [1.29, 1.82) is 0 Å². The average Bonchev–Trinajstić information content (AvgIpc) is 3.01. The third kappa shape index (κ3) is 2.67. The van der Waals surface area contributed by atoms with Crippen LogP contribution in [-0.4, -0.2) is 25.6 Å². The summed E-state index contributed by atoms with van der Waals surface area (Å²) in [7, 11) is 0. The molecule has 0 atom stereocenters. The minimum absolute atomic E-state index is 0.179. The van der Waals surface area contributed by atoms with Crippen molar-refractivity contribution in [1.82, 2.24) is 25.6 Å². The lowest BCUT2D eigenvalue weighted by molar-refractivity contribution is -0.138. The summed E-state index contributed by atoms with van der Waals surface area (Å²) in [4.78, 5) is 4.03. The number of nitrogens with zero attached hydrogens (tertiary/aromatic N) is 4. The largest absolute Gasteiger partial charge is 0.416 e. The van der Waals surface area contributed by atoms with Gasteiger partial charge in [-0.05, 0) is 35.4 Å². The van der Waals surface area contributed by atoms with Gasteiger partial charge in [0.25, 0.3) is 0 Å². The zero-order valence-electron chi connectivity index (χ0n) is 11.4. The zero-order chi connectivity index (χ0) is 15.7. The fourth-order valence-corrected chi connectivity index (χ4v) is 2.11. The molecule has 0 saturated carbocycles. The fourth-order valence-electron chi connectivity index (χ4n) is 2.11. The van der Waals surface area contributed by atoms with Gasteiger partial charge in [0.1, 0.15) is 0 Å². The molecule has 0 bridgehead atoms. The van der Waals surface area contributed by atoms with Crippen molar-refractivity contribution in [3.05, 3.63) is 47.8 Å². The van der Waals surface area contributed by atoms with Crippen molar-refractivity contribution < 1.29 is 13.2 Å². The van der Waals surface area contributed by atoms with Crippen molar-refractivity contribution in [3.8, 4) is 22.5 Å². The third-order valence-electron chi connectivity index (χ3n) is 3.22. The molecule has 1 N–H and O–H groups in total. The van der Waals surface area contributed by atoms with E-state index < -0.39 is 11.7 Å². The first-order valence-electron chi connectivity index (χ1n) is 6.32. The van der Waals surface area contributed by atoms with E-state index in [2.05, 4.69) is 25.6 Å². The highest BCUT2D eigenvalue weighted by Gasteiger charge is 2.32. The molecular weight excluding hydrogens is 295 g/mol. The van der Waals surface area contributed by atoms with E-state index in [-0.39, 0.29) is 5.56 Å². The third-order valence-corrected chi connectivity index (χ3v) is 3.22. The van der Waals surface area contributed by atoms with Gasteiger partial charge in [0, 0.05) is 23.5 Å². The van der Waals surface area contributed by atoms with Gasteiger partial charge < -0.3 is 0 Å². The SMILES string of the molecule is Cc1ccc(-c2cncc(-c3nn[nH]n3)c2)cc1C(F)(F)F. The maximum atomic E-state index is 13.0. The summed E-state index contributed by atoms with van der Waals surface area (Å²) in [5.41, 5.74) is 1.07. The molecule has 3 rings (SSSR count). The van der Waals surface area contributed by atoms with Crippen LogP contribution in [0.4, 0.5) is 13.2 Å². The Kier molecular flexibility index (Phi) is 3.36. The highest BCUT2D eigenvalue weighted by Crippen LogP contribution is 2.35. The number of aryl methyl sites for hydroxylation is 1. The summed E-state index contributed by atoms with van der Waals surface area (Å²) < 4.78 is 39.0. The maximum absolute atomic E-state index is 13.0. The van der Waals surface area contributed by atoms with E-state index in [0.717, 1.165) is 6.07 Å². The summed E-state index contributed by atoms with van der Waals surface area (Å²) in [6.07, 6.45) is -1.37. The van der Waals surface area contributed by atoms with Crippen LogP contribution in [0.15, 0.2) is 36.7 Å². The molecule has 5 nitrogen and oxygen atoms in total. The number of hydrogen-bond donors (Lipinski definition) is 1. The van der Waals surface area contributed by atoms with Gasteiger partial charge in [0.2, 0.25) is 5.82 Å². The van der Waals surface area contributed by atoms with Gasteiger partial charge in [-0.1, -0.05) is 12.1 Å². The van der Waals surface area contributed by atoms with Crippen molar-refractivity contribution in [2.45, 2.75) is 13.1 Å². The Morgan fingerprint density at radius 2 is 1.77 bits per heavy atom. The summed E-state index contributed by atoms with van der Waals surface area (Å²) in [6, 6.07) is 5.86. The molecule has 0 aliphatic heterocycles. The minimum atomic E-state index is -4.39. The summed E-state index contributed by atoms with van der Waals surface area (Å²) >= 11 is 0. The molecule has 0 aliphatic carbocycles. The molecule has 2 aromatic heterocycles. The molecule has 8 heteroatoms. The van der Waals surface area contributed by atoms with Crippen LogP contribution in [0.2, 0.25) is 0 Å². The molecule has 0 radical (unpaired) electrons. The summed E-state index contributed by atoms with van der Waals surface area (Å²) in [5, 5.41) is 13.4. The lowest BCUT2D eigenvalue weighted by atomic mass is 9.99. The van der Waals surface area contributed by atoms with Gasteiger partial charge in [-0.15, -0.1) is 10.2 Å². The number of alkyl halides is 3. The zero-order valence-corrected chi connectivity index (χ0v) is 11.4. The van der Waals surface area contributed by atoms with Gasteiger partial charge in [0.05, 0.1) is 5.56 Å². The second kappa shape index (κ2) is 5.21. The first kappa shape index (κ1) is 14.2. The number of rotatable bonds is 2. The maximum Gasteiger partial charge on any atom is 0.416 e. The molecule has 0 unspecified atom stereocenters. The van der Waals surface area contributed by atoms with E-state index in [1.54, 1.807) is 12.1 Å². The van der Waals surface area contributed by atoms with Crippen LogP contribution in [0.3, 0.4) is 0 Å². The van der Waals surface area contributed by atoms with E-state index in [9.17, 15) is 13.2 Å². The van der Waals surface area contributed by atoms with Crippen LogP contribution in [0, 0.1) is 6.92 Å². The average molecular weight is 305 g/mol. The summed E-state index contributed by atoms with van der Waals surface area (Å²) in [6.45, 7) is 1.43. The van der Waals surface area contributed by atoms with Crippen molar-refractivity contribution in [2.24, 2.45) is 0 Å². The second-order valence-electron chi connectivity index (χ2n) is 4.73. The van der Waals surface area contributed by atoms with Crippen LogP contribution in [0.1, 0.15) is 11.1 Å². The van der Waals surface area contributed by atoms with E-state index in [0.29, 0.717) is 22.5 Å². The Balaban J connectivity index is 2.07. The van der Waals surface area contributed by atoms with E-state index in [4.69, 9.17) is 0 Å². The van der Waals surface area contributed by atoms with E-state index in [1.807, 2.05) is 0 Å². The van der Waals surface area contributed by atoms with Crippen LogP contribution in [0.5, 0.6) is 0 Å². The predicted molar refractivity (Wildman–Crippen MR) is 72.6 cm³/mol. The Morgan fingerprint density at radius 1 is 1.00 bits per heavy atom. The molecule has 0 fully saturated rings. The van der Waals surface area contributed by atoms with E-state index >= 15 is 0 Å². The lowest BCUT2D eigenvalue weighted by Crippen LogP contribution is -2.07. The molecule has 1 aromatic carbocycles. The van der Waals surface area contributed by atoms with Crippen molar-refractivity contribution in [2.75, 3.05) is 0 Å². The highest BCUT2D eigenvalue weighted by molar-refractivity contribution is 5.69. The normalized spacial score (nSPS) is 11.6. The molecule has 0 aliphatic rings. The monoisotopic (exact) mass is 305 g/mol. The Morgan fingerprint density at radius 3 is 2.45 bits per heavy atom. The topological polar surface area (TPSA) is 67.3 Å². The number of aromatic amines is 1. The van der Waals surface area contributed by atoms with Crippen LogP contribution < -0.4 is 0 Å². The van der Waals surface area contributed by atoms with Gasteiger partial charge in [-0.25, -0.2) is 0 Å². The molecular formula is C14H10F3N5. The number of pyridine rings is 1. The molecule has 0 spiro atoms. The molecule has 112 valence electrons. The Bertz CT molecular complexity index is 796. The molecule has 2 heterocycles. The predicted octanol–water partition coefficient (Wildman–Crippen LogP) is 3.26. The minimum Gasteiger partial charge on any atom is -0.263 e. The smallest absolute Gasteiger partial charge is 0.263 e. The van der Waals surface area contributed by atoms with Gasteiger partial charge in [0.15, 0.2) is 0 Å². The molecule has 0 saturated heterocycles. The number of H-pyrrole nitrogens is 1. The highest BCUT2D eigenvalue weighted by atomic mass is 19.4. The van der Waals surface area contributed by atoms with Gasteiger partial charge >= 0.3 is 6.18 Å². The standard InChI is InChI=1S/C14H10F3N5/c1-8-2-3-9(5-12(8)14(15,16)17)10-4-11(7-18-6-10)13-19-21-22-20-13/h2-7H,1H3,(H,19,20,21,22). The van der Waals surface area contributed by atoms with Crippen LogP contribution >= 0.6 is 0 Å². The van der Waals surface area contributed by atoms with Gasteiger partial charge in [-0.3, -0.25) is 4.98 Å². The lowest BCUT2D eigenvalue weighted by Gasteiger charge is -2.12. The number of hydrogen-bond acceptors (Lipinski definition) is 4. The number of benzene rings is 1. The number of tetrazole rings is 1. The van der Waals surface area contributed by atoms with Crippen molar-refractivity contribution in [3.63, 3.8) is 0 Å². The Labute approximate surface area is 123 Å². The molecule has 22 heavy (non-hydrogen) atoms. The fraction of sp³-hybridized carbons (Fsp3) is 0.143. The first-order chi connectivity index (χ1) is 10.4. The van der Waals surface area contributed by atoms with Crippen LogP contribution in [0.25, 0.3) is 22.5 Å². The van der Waals surface area contributed by atoms with Gasteiger partial charge in [-0.2, -0.15) is 18.4 Å². The first-order valence-corrected chi connectivity index (χ1v) is 6.32. The second-order valence-corrected chi connectivity index (χ2v) is 4.73. The summed E-state index contributed by atoms with van der Waals surface area (Å²) in [5.74, 6) is 0.331. The number of aromatic nitrogens is 5. The molecule has 3 aromatic rings. The van der Waals surface area contributed by atoms with E-state index in [1.165, 1.54) is 25.4 Å². The Hall–Kier alpha value is -2.77.